The molecule has 1 aromatic heterocycles. The zero-order valence-corrected chi connectivity index (χ0v) is 7.44. The van der Waals surface area contributed by atoms with Crippen LogP contribution in [0.25, 0.3) is 12.3 Å². The third-order valence-electron chi connectivity index (χ3n) is 1.89. The monoisotopic (exact) mass is 173 g/mol. The van der Waals surface area contributed by atoms with Gasteiger partial charge in [0, 0.05) is 12.4 Å². The molecule has 0 saturated heterocycles. The van der Waals surface area contributed by atoms with Crippen molar-refractivity contribution < 1.29 is 0 Å². The van der Waals surface area contributed by atoms with Crippen LogP contribution in [0.2, 0.25) is 0 Å². The molecule has 13 heavy (non-hydrogen) atoms. The Morgan fingerprint density at radius 3 is 3.15 bits per heavy atom. The Morgan fingerprint density at radius 2 is 2.31 bits per heavy atom. The van der Waals surface area contributed by atoms with Gasteiger partial charge in [-0.2, -0.15) is 0 Å². The van der Waals surface area contributed by atoms with E-state index < -0.39 is 5.54 Å². The van der Waals surface area contributed by atoms with Crippen molar-refractivity contribution in [2.75, 3.05) is 0 Å². The van der Waals surface area contributed by atoms with Gasteiger partial charge < -0.3 is 5.73 Å². The largest absolute Gasteiger partial charge is 0.318 e. The molecule has 1 atom stereocenters. The van der Waals surface area contributed by atoms with Crippen LogP contribution in [0, 0.1) is 0 Å². The fourth-order valence-corrected chi connectivity index (χ4v) is 1.30. The van der Waals surface area contributed by atoms with Crippen molar-refractivity contribution in [1.29, 1.82) is 0 Å². The van der Waals surface area contributed by atoms with E-state index >= 15 is 0 Å². The molecule has 2 heterocycles. The first-order valence-corrected chi connectivity index (χ1v) is 4.15. The highest BCUT2D eigenvalue weighted by atomic mass is 14.8. The van der Waals surface area contributed by atoms with Crippen LogP contribution >= 0.6 is 0 Å². The number of fused-ring (bicyclic) bond motifs is 1. The zero-order valence-electron chi connectivity index (χ0n) is 7.44. The summed E-state index contributed by atoms with van der Waals surface area (Å²) < 4.78 is 0. The topological polar surface area (TPSA) is 51.3 Å². The van der Waals surface area contributed by atoms with Crippen LogP contribution in [0.1, 0.15) is 6.92 Å². The maximum Gasteiger partial charge on any atom is 0.0881 e. The van der Waals surface area contributed by atoms with Gasteiger partial charge in [0.05, 0.1) is 17.1 Å². The Bertz CT molecular complexity index is 457. The average molecular weight is 173 g/mol. The second-order valence-electron chi connectivity index (χ2n) is 3.40. The summed E-state index contributed by atoms with van der Waals surface area (Å²) in [4.78, 5) is 8.28. The van der Waals surface area contributed by atoms with Gasteiger partial charge in [0.2, 0.25) is 0 Å². The molecule has 1 unspecified atom stereocenters. The van der Waals surface area contributed by atoms with Gasteiger partial charge in [-0.15, -0.1) is 0 Å². The summed E-state index contributed by atoms with van der Waals surface area (Å²) in [5.41, 5.74) is 5.46. The summed E-state index contributed by atoms with van der Waals surface area (Å²) in [5, 5.41) is 1.90. The number of hydrogen-bond acceptors (Lipinski definition) is 3. The summed E-state index contributed by atoms with van der Waals surface area (Å²) in [6, 6.07) is 3.88. The van der Waals surface area contributed by atoms with Gasteiger partial charge in [-0.3, -0.25) is 9.98 Å². The van der Waals surface area contributed by atoms with Gasteiger partial charge in [0.25, 0.3) is 0 Å². The smallest absolute Gasteiger partial charge is 0.0881 e. The highest BCUT2D eigenvalue weighted by molar-refractivity contribution is 5.81. The summed E-state index contributed by atoms with van der Waals surface area (Å²) in [5.74, 6) is 0. The van der Waals surface area contributed by atoms with Gasteiger partial charge in [-0.25, -0.2) is 0 Å². The lowest BCUT2D eigenvalue weighted by Crippen LogP contribution is -2.38. The number of aromatic nitrogens is 1. The number of nitrogens with zero attached hydrogens (tertiary/aromatic N) is 2. The molecular formula is C10H11N3. The number of rotatable bonds is 0. The van der Waals surface area contributed by atoms with Crippen LogP contribution in [-0.4, -0.2) is 16.7 Å². The van der Waals surface area contributed by atoms with Crippen molar-refractivity contribution in [3.05, 3.63) is 28.9 Å². The van der Waals surface area contributed by atoms with Crippen LogP contribution in [0.15, 0.2) is 23.3 Å². The van der Waals surface area contributed by atoms with E-state index in [2.05, 4.69) is 9.98 Å². The Kier molecular flexibility index (Phi) is 1.74. The first kappa shape index (κ1) is 8.13. The van der Waals surface area contributed by atoms with Crippen molar-refractivity contribution in [3.63, 3.8) is 0 Å². The van der Waals surface area contributed by atoms with Crippen molar-refractivity contribution in [3.8, 4) is 0 Å². The third kappa shape index (κ3) is 1.65. The third-order valence-corrected chi connectivity index (χ3v) is 1.89. The molecule has 2 rings (SSSR count). The highest BCUT2D eigenvalue weighted by Crippen LogP contribution is 1.97. The molecule has 66 valence electrons. The van der Waals surface area contributed by atoms with E-state index in [0.717, 1.165) is 10.6 Å². The Labute approximate surface area is 76.3 Å². The van der Waals surface area contributed by atoms with Gasteiger partial charge in [-0.05, 0) is 18.2 Å². The van der Waals surface area contributed by atoms with E-state index in [0.29, 0.717) is 0 Å². The van der Waals surface area contributed by atoms with Crippen molar-refractivity contribution in [1.82, 2.24) is 4.98 Å². The van der Waals surface area contributed by atoms with Crippen LogP contribution in [0.3, 0.4) is 0 Å². The standard InChI is InChI=1S/C10H11N3/c1-10(11)5-8-3-2-4-13-9(8)6-12-7-10/h2-7H,11H2,1H3. The average Bonchev–Trinajstić information content (AvgIpc) is 2.21. The molecule has 0 amide bonds. The zero-order chi connectivity index (χ0) is 9.31. The maximum absolute atomic E-state index is 5.94. The van der Waals surface area contributed by atoms with E-state index in [-0.39, 0.29) is 0 Å². The molecule has 1 aliphatic heterocycles. The lowest BCUT2D eigenvalue weighted by Gasteiger charge is -2.11. The van der Waals surface area contributed by atoms with Crippen LogP contribution in [0.4, 0.5) is 0 Å². The van der Waals surface area contributed by atoms with E-state index in [1.807, 2.05) is 25.1 Å². The summed E-state index contributed by atoms with van der Waals surface area (Å²) in [6.07, 6.45) is 7.15. The normalized spacial score (nSPS) is 25.4. The number of pyridine rings is 1. The van der Waals surface area contributed by atoms with E-state index in [4.69, 9.17) is 5.73 Å². The predicted octanol–water partition coefficient (Wildman–Crippen LogP) is -0.598. The molecular weight excluding hydrogens is 162 g/mol. The summed E-state index contributed by atoms with van der Waals surface area (Å²) in [7, 11) is 0. The van der Waals surface area contributed by atoms with Crippen LogP contribution in [0.5, 0.6) is 0 Å². The quantitative estimate of drug-likeness (QED) is 0.569. The molecule has 0 bridgehead atoms. The number of aliphatic imine (C=N–C) groups is 1. The summed E-state index contributed by atoms with van der Waals surface area (Å²) in [6.45, 7) is 1.91. The second-order valence-corrected chi connectivity index (χ2v) is 3.40. The summed E-state index contributed by atoms with van der Waals surface area (Å²) >= 11 is 0. The predicted molar refractivity (Wildman–Crippen MR) is 53.5 cm³/mol. The first-order chi connectivity index (χ1) is 6.17. The van der Waals surface area contributed by atoms with Gasteiger partial charge in [0.1, 0.15) is 0 Å². The minimum atomic E-state index is -0.481. The number of nitrogens with two attached hydrogens (primary N) is 1. The Morgan fingerprint density at radius 1 is 1.46 bits per heavy atom. The Hall–Kier alpha value is -1.48. The molecule has 0 radical (unpaired) electrons. The molecule has 0 spiro atoms. The van der Waals surface area contributed by atoms with Crippen LogP contribution < -0.4 is 16.3 Å². The molecule has 0 saturated carbocycles. The molecule has 1 aromatic rings. The van der Waals surface area contributed by atoms with Gasteiger partial charge >= 0.3 is 0 Å². The molecule has 3 nitrogen and oxygen atoms in total. The minimum Gasteiger partial charge on any atom is -0.318 e. The lowest BCUT2D eigenvalue weighted by molar-refractivity contribution is 0.845. The van der Waals surface area contributed by atoms with Crippen LogP contribution in [-0.2, 0) is 0 Å². The second kappa shape index (κ2) is 2.78. The molecule has 1 aliphatic rings. The SMILES string of the molecule is CC1(N)C=NC=c2ncccc2=C1. The number of hydrogen-bond donors (Lipinski definition) is 1. The van der Waals surface area contributed by atoms with Crippen molar-refractivity contribution >= 4 is 18.5 Å². The maximum atomic E-state index is 5.94. The van der Waals surface area contributed by atoms with Gasteiger partial charge in [0.15, 0.2) is 0 Å². The molecule has 0 aromatic carbocycles. The van der Waals surface area contributed by atoms with E-state index in [1.54, 1.807) is 18.6 Å². The lowest BCUT2D eigenvalue weighted by atomic mass is 10.0. The minimum absolute atomic E-state index is 0.481. The van der Waals surface area contributed by atoms with E-state index in [1.165, 1.54) is 0 Å². The molecule has 0 aliphatic carbocycles. The van der Waals surface area contributed by atoms with Crippen molar-refractivity contribution in [2.45, 2.75) is 12.5 Å². The fraction of sp³-hybridized carbons (Fsp3) is 0.200. The first-order valence-electron chi connectivity index (χ1n) is 4.15. The fourth-order valence-electron chi connectivity index (χ4n) is 1.30. The highest BCUT2D eigenvalue weighted by Gasteiger charge is 2.11. The molecule has 0 fully saturated rings. The molecule has 2 N–H and O–H groups in total. The Balaban J connectivity index is 2.77. The van der Waals surface area contributed by atoms with Crippen molar-refractivity contribution in [2.24, 2.45) is 10.7 Å². The van der Waals surface area contributed by atoms with Gasteiger partial charge in [-0.1, -0.05) is 12.1 Å². The molecule has 3 heteroatoms. The van der Waals surface area contributed by atoms with E-state index in [9.17, 15) is 0 Å².